The Balaban J connectivity index is 1.67. The molecule has 1 N–H and O–H groups in total. The van der Waals surface area contributed by atoms with Crippen LogP contribution < -0.4 is 5.32 Å². The van der Waals surface area contributed by atoms with Crippen molar-refractivity contribution in [3.8, 4) is 0 Å². The number of nitrogens with zero attached hydrogens (tertiary/aromatic N) is 2. The highest BCUT2D eigenvalue weighted by Gasteiger charge is 2.40. The number of benzene rings is 2. The van der Waals surface area contributed by atoms with E-state index >= 15 is 0 Å². The molecule has 2 aromatic rings. The Morgan fingerprint density at radius 3 is 2.31 bits per heavy atom. The predicted octanol–water partition coefficient (Wildman–Crippen LogP) is 3.83. The third-order valence-corrected chi connectivity index (χ3v) is 7.47. The van der Waals surface area contributed by atoms with Gasteiger partial charge in [-0.05, 0) is 37.3 Å². The first kappa shape index (κ1) is 24.4. The van der Waals surface area contributed by atoms with Gasteiger partial charge >= 0.3 is 6.18 Å². The molecule has 1 atom stereocenters. The molecule has 1 heterocycles. The number of anilines is 1. The summed E-state index contributed by atoms with van der Waals surface area (Å²) in [6.07, 6.45) is -4.81. The van der Waals surface area contributed by atoms with E-state index in [1.54, 1.807) is 11.8 Å². The molecule has 12 heteroatoms. The molecular weight excluding hydrogens is 474 g/mol. The first-order valence-electron chi connectivity index (χ1n) is 9.57. The molecule has 1 fully saturated rings. The summed E-state index contributed by atoms with van der Waals surface area (Å²) in [7, 11) is -4.37. The van der Waals surface area contributed by atoms with Crippen molar-refractivity contribution in [2.45, 2.75) is 24.0 Å². The van der Waals surface area contributed by atoms with Gasteiger partial charge in [0.05, 0.1) is 27.2 Å². The summed E-state index contributed by atoms with van der Waals surface area (Å²) in [6.45, 7) is 1.72. The molecule has 0 aliphatic carbocycles. The SMILES string of the molecule is C[C@H](C(=O)Nc1ccc(F)cc1Cl)N1CCN(S(=O)(=O)c2ccccc2C(F)(F)F)CC1. The Morgan fingerprint density at radius 2 is 1.72 bits per heavy atom. The number of rotatable bonds is 5. The van der Waals surface area contributed by atoms with E-state index in [0.29, 0.717) is 0 Å². The zero-order valence-corrected chi connectivity index (χ0v) is 18.4. The molecule has 1 amide bonds. The Hall–Kier alpha value is -2.21. The molecule has 0 aromatic heterocycles. The minimum atomic E-state index is -4.81. The lowest BCUT2D eigenvalue weighted by Crippen LogP contribution is -2.54. The van der Waals surface area contributed by atoms with Crippen molar-refractivity contribution in [3.05, 3.63) is 58.9 Å². The summed E-state index contributed by atoms with van der Waals surface area (Å²) in [5.74, 6) is -0.984. The van der Waals surface area contributed by atoms with E-state index in [1.165, 1.54) is 12.1 Å². The fraction of sp³-hybridized carbons (Fsp3) is 0.350. The van der Waals surface area contributed by atoms with E-state index in [9.17, 15) is 30.8 Å². The summed E-state index contributed by atoms with van der Waals surface area (Å²) in [6, 6.07) is 6.90. The minimum absolute atomic E-state index is 0.0322. The molecule has 0 saturated carbocycles. The highest BCUT2D eigenvalue weighted by atomic mass is 35.5. The first-order chi connectivity index (χ1) is 14.9. The molecule has 0 unspecified atom stereocenters. The van der Waals surface area contributed by atoms with Crippen molar-refractivity contribution in [1.29, 1.82) is 0 Å². The molecule has 3 rings (SSSR count). The largest absolute Gasteiger partial charge is 0.417 e. The first-order valence-corrected chi connectivity index (χ1v) is 11.4. The molecule has 2 aromatic carbocycles. The van der Waals surface area contributed by atoms with Crippen LogP contribution in [0.25, 0.3) is 0 Å². The van der Waals surface area contributed by atoms with Crippen molar-refractivity contribution < 1.29 is 30.8 Å². The molecule has 0 bridgehead atoms. The van der Waals surface area contributed by atoms with Crippen molar-refractivity contribution in [1.82, 2.24) is 9.21 Å². The van der Waals surface area contributed by atoms with Crippen LogP contribution in [0.4, 0.5) is 23.2 Å². The summed E-state index contributed by atoms with van der Waals surface area (Å²) in [4.78, 5) is 13.5. The fourth-order valence-corrected chi connectivity index (χ4v) is 5.24. The number of carbonyl (C=O) groups is 1. The van der Waals surface area contributed by atoms with Gasteiger partial charge in [-0.25, -0.2) is 12.8 Å². The van der Waals surface area contributed by atoms with Gasteiger partial charge in [0.2, 0.25) is 15.9 Å². The molecule has 174 valence electrons. The van der Waals surface area contributed by atoms with E-state index in [2.05, 4.69) is 5.32 Å². The third kappa shape index (κ3) is 5.22. The van der Waals surface area contributed by atoms with Gasteiger partial charge in [0.1, 0.15) is 5.82 Å². The van der Waals surface area contributed by atoms with Gasteiger partial charge in [-0.3, -0.25) is 9.69 Å². The summed E-state index contributed by atoms with van der Waals surface area (Å²) >= 11 is 5.91. The Morgan fingerprint density at radius 1 is 1.09 bits per heavy atom. The number of carbonyl (C=O) groups excluding carboxylic acids is 1. The Bertz CT molecular complexity index is 1100. The molecule has 1 aliphatic rings. The molecule has 6 nitrogen and oxygen atoms in total. The van der Waals surface area contributed by atoms with Gasteiger partial charge in [-0.15, -0.1) is 0 Å². The highest BCUT2D eigenvalue weighted by molar-refractivity contribution is 7.89. The van der Waals surface area contributed by atoms with Gasteiger partial charge < -0.3 is 5.32 Å². The lowest BCUT2D eigenvalue weighted by Gasteiger charge is -2.37. The van der Waals surface area contributed by atoms with Crippen molar-refractivity contribution in [2.75, 3.05) is 31.5 Å². The van der Waals surface area contributed by atoms with Crippen LogP contribution in [0.15, 0.2) is 47.4 Å². The van der Waals surface area contributed by atoms with Crippen LogP contribution in [-0.2, 0) is 21.0 Å². The van der Waals surface area contributed by atoms with Crippen LogP contribution in [0.1, 0.15) is 12.5 Å². The lowest BCUT2D eigenvalue weighted by molar-refractivity contribution is -0.140. The number of alkyl halides is 3. The Kier molecular flexibility index (Phi) is 7.13. The van der Waals surface area contributed by atoms with Gasteiger partial charge in [0, 0.05) is 26.2 Å². The predicted molar refractivity (Wildman–Crippen MR) is 111 cm³/mol. The van der Waals surface area contributed by atoms with Gasteiger partial charge in [-0.2, -0.15) is 17.5 Å². The smallest absolute Gasteiger partial charge is 0.323 e. The normalized spacial score (nSPS) is 17.2. The fourth-order valence-electron chi connectivity index (χ4n) is 3.39. The van der Waals surface area contributed by atoms with E-state index in [-0.39, 0.29) is 36.9 Å². The lowest BCUT2D eigenvalue weighted by atomic mass is 10.2. The van der Waals surface area contributed by atoms with Crippen LogP contribution in [-0.4, -0.2) is 55.8 Å². The molecule has 1 aliphatic heterocycles. The third-order valence-electron chi connectivity index (χ3n) is 5.20. The molecule has 0 radical (unpaired) electrons. The molecule has 32 heavy (non-hydrogen) atoms. The second kappa shape index (κ2) is 9.34. The summed E-state index contributed by atoms with van der Waals surface area (Å²) in [5, 5.41) is 2.62. The van der Waals surface area contributed by atoms with Gasteiger partial charge in [0.25, 0.3) is 0 Å². The number of amides is 1. The summed E-state index contributed by atoms with van der Waals surface area (Å²) < 4.78 is 79.6. The standard InChI is InChI=1S/C20H20ClF4N3O3S/c1-13(19(29)26-17-7-6-14(22)12-16(17)21)27-8-10-28(11-9-27)32(30,31)18-5-3-2-4-15(18)20(23,24)25/h2-7,12-13H,8-11H2,1H3,(H,26,29)/t13-/m1/s1. The van der Waals surface area contributed by atoms with Crippen molar-refractivity contribution >= 4 is 33.2 Å². The Labute approximate surface area is 187 Å². The number of halogens is 5. The van der Waals surface area contributed by atoms with E-state index in [1.807, 2.05) is 0 Å². The highest BCUT2D eigenvalue weighted by Crippen LogP contribution is 2.35. The number of hydrogen-bond donors (Lipinski definition) is 1. The average Bonchev–Trinajstić information content (AvgIpc) is 2.74. The van der Waals surface area contributed by atoms with Gasteiger partial charge in [-0.1, -0.05) is 23.7 Å². The molecular formula is C20H20ClF4N3O3S. The summed E-state index contributed by atoms with van der Waals surface area (Å²) in [5.41, 5.74) is -0.985. The maximum Gasteiger partial charge on any atom is 0.417 e. The van der Waals surface area contributed by atoms with E-state index in [0.717, 1.165) is 34.6 Å². The maximum absolute atomic E-state index is 13.3. The van der Waals surface area contributed by atoms with E-state index in [4.69, 9.17) is 11.6 Å². The van der Waals surface area contributed by atoms with Crippen LogP contribution in [0.3, 0.4) is 0 Å². The zero-order valence-electron chi connectivity index (χ0n) is 16.9. The van der Waals surface area contributed by atoms with Crippen LogP contribution >= 0.6 is 11.6 Å². The van der Waals surface area contributed by atoms with Crippen molar-refractivity contribution in [2.24, 2.45) is 0 Å². The number of piperazine rings is 1. The topological polar surface area (TPSA) is 69.7 Å². The minimum Gasteiger partial charge on any atom is -0.323 e. The number of nitrogens with one attached hydrogen (secondary N) is 1. The molecule has 0 spiro atoms. The maximum atomic E-state index is 13.3. The zero-order chi connectivity index (χ0) is 23.7. The van der Waals surface area contributed by atoms with Crippen LogP contribution in [0, 0.1) is 5.82 Å². The average molecular weight is 494 g/mol. The van der Waals surface area contributed by atoms with Gasteiger partial charge in [0.15, 0.2) is 0 Å². The molecule has 1 saturated heterocycles. The second-order valence-corrected chi connectivity index (χ2v) is 9.54. The van der Waals surface area contributed by atoms with Crippen molar-refractivity contribution in [3.63, 3.8) is 0 Å². The van der Waals surface area contributed by atoms with Crippen LogP contribution in [0.5, 0.6) is 0 Å². The number of sulfonamides is 1. The number of hydrogen-bond acceptors (Lipinski definition) is 4. The second-order valence-electron chi connectivity index (χ2n) is 7.22. The monoisotopic (exact) mass is 493 g/mol. The quantitative estimate of drug-likeness (QED) is 0.643. The van der Waals surface area contributed by atoms with E-state index < -0.39 is 44.4 Å². The van der Waals surface area contributed by atoms with Crippen LogP contribution in [0.2, 0.25) is 5.02 Å².